The maximum absolute atomic E-state index is 3.50. The van der Waals surface area contributed by atoms with Gasteiger partial charge in [-0.2, -0.15) is 0 Å². The van der Waals surface area contributed by atoms with Crippen LogP contribution in [0.3, 0.4) is 0 Å². The van der Waals surface area contributed by atoms with Crippen LogP contribution in [0.25, 0.3) is 0 Å². The molecule has 3 rings (SSSR count). The maximum atomic E-state index is 3.50. The van der Waals surface area contributed by atoms with Crippen LogP contribution in [0.4, 0.5) is 5.69 Å². The Balaban J connectivity index is 1.72. The van der Waals surface area contributed by atoms with Crippen molar-refractivity contribution >= 4 is 5.69 Å². The average Bonchev–Trinajstić information content (AvgIpc) is 2.94. The van der Waals surface area contributed by atoms with Gasteiger partial charge in [0, 0.05) is 24.6 Å². The van der Waals surface area contributed by atoms with Gasteiger partial charge >= 0.3 is 0 Å². The SMILES string of the molecule is Cn1cccc1CNc1ccc2c(c1)CCC2. The van der Waals surface area contributed by atoms with E-state index in [9.17, 15) is 0 Å². The standard InChI is InChI=1S/C15H18N2/c1-17-9-3-6-15(17)11-16-14-8-7-12-4-2-5-13(12)10-14/h3,6-10,16H,2,4-5,11H2,1H3. The van der Waals surface area contributed by atoms with Crippen LogP contribution >= 0.6 is 0 Å². The Morgan fingerprint density at radius 2 is 2.06 bits per heavy atom. The van der Waals surface area contributed by atoms with Crippen LogP contribution in [-0.2, 0) is 26.4 Å². The first-order chi connectivity index (χ1) is 8.33. The number of rotatable bonds is 3. The van der Waals surface area contributed by atoms with Gasteiger partial charge in [-0.3, -0.25) is 0 Å². The molecule has 0 radical (unpaired) electrons. The molecule has 88 valence electrons. The van der Waals surface area contributed by atoms with Crippen molar-refractivity contribution in [3.63, 3.8) is 0 Å². The van der Waals surface area contributed by atoms with Crippen molar-refractivity contribution in [2.75, 3.05) is 5.32 Å². The molecule has 0 amide bonds. The van der Waals surface area contributed by atoms with Gasteiger partial charge in [0.05, 0.1) is 6.54 Å². The van der Waals surface area contributed by atoms with Crippen LogP contribution in [0.15, 0.2) is 36.5 Å². The molecule has 0 saturated carbocycles. The predicted molar refractivity (Wildman–Crippen MR) is 71.2 cm³/mol. The highest BCUT2D eigenvalue weighted by atomic mass is 15.0. The molecule has 1 aromatic carbocycles. The number of fused-ring (bicyclic) bond motifs is 1. The van der Waals surface area contributed by atoms with E-state index in [2.05, 4.69) is 53.5 Å². The first kappa shape index (κ1) is 10.5. The van der Waals surface area contributed by atoms with E-state index in [1.54, 1.807) is 0 Å². The van der Waals surface area contributed by atoms with Crippen LogP contribution in [0, 0.1) is 0 Å². The zero-order valence-corrected chi connectivity index (χ0v) is 10.2. The molecule has 2 aromatic rings. The fraction of sp³-hybridized carbons (Fsp3) is 0.333. The highest BCUT2D eigenvalue weighted by Gasteiger charge is 2.10. The molecular formula is C15H18N2. The van der Waals surface area contributed by atoms with Gasteiger partial charge in [-0.15, -0.1) is 0 Å². The lowest BCUT2D eigenvalue weighted by molar-refractivity contribution is 0.842. The van der Waals surface area contributed by atoms with Crippen molar-refractivity contribution in [3.8, 4) is 0 Å². The van der Waals surface area contributed by atoms with E-state index in [1.165, 1.54) is 41.8 Å². The summed E-state index contributed by atoms with van der Waals surface area (Å²) in [5.41, 5.74) is 5.62. The molecule has 1 aromatic heterocycles. The molecule has 1 N–H and O–H groups in total. The van der Waals surface area contributed by atoms with Crippen molar-refractivity contribution < 1.29 is 0 Å². The molecule has 0 atom stereocenters. The van der Waals surface area contributed by atoms with Gasteiger partial charge in [-0.05, 0) is 54.7 Å². The van der Waals surface area contributed by atoms with E-state index in [0.717, 1.165) is 6.54 Å². The number of anilines is 1. The number of hydrogen-bond donors (Lipinski definition) is 1. The zero-order valence-electron chi connectivity index (χ0n) is 10.2. The fourth-order valence-corrected chi connectivity index (χ4v) is 2.55. The van der Waals surface area contributed by atoms with Crippen molar-refractivity contribution in [2.45, 2.75) is 25.8 Å². The summed E-state index contributed by atoms with van der Waals surface area (Å²) >= 11 is 0. The minimum Gasteiger partial charge on any atom is -0.379 e. The van der Waals surface area contributed by atoms with Crippen molar-refractivity contribution in [3.05, 3.63) is 53.3 Å². The van der Waals surface area contributed by atoms with Crippen molar-refractivity contribution in [2.24, 2.45) is 7.05 Å². The number of hydrogen-bond acceptors (Lipinski definition) is 1. The number of nitrogens with zero attached hydrogens (tertiary/aromatic N) is 1. The molecule has 0 bridgehead atoms. The predicted octanol–water partition coefficient (Wildman–Crippen LogP) is 3.13. The third-order valence-electron chi connectivity index (χ3n) is 3.62. The lowest BCUT2D eigenvalue weighted by Crippen LogP contribution is -2.04. The molecular weight excluding hydrogens is 208 g/mol. The second-order valence-electron chi connectivity index (χ2n) is 4.80. The summed E-state index contributed by atoms with van der Waals surface area (Å²) in [6.45, 7) is 0.891. The molecule has 0 fully saturated rings. The quantitative estimate of drug-likeness (QED) is 0.851. The molecule has 1 heterocycles. The highest BCUT2D eigenvalue weighted by molar-refractivity contribution is 5.50. The number of aromatic nitrogens is 1. The molecule has 0 spiro atoms. The Bertz CT molecular complexity index is 525. The van der Waals surface area contributed by atoms with Crippen LogP contribution < -0.4 is 5.32 Å². The summed E-state index contributed by atoms with van der Waals surface area (Å²) in [5.74, 6) is 0. The lowest BCUT2D eigenvalue weighted by atomic mass is 10.1. The maximum Gasteiger partial charge on any atom is 0.0553 e. The number of aryl methyl sites for hydroxylation is 3. The molecule has 0 saturated heterocycles. The molecule has 0 unspecified atom stereocenters. The van der Waals surface area contributed by atoms with E-state index in [4.69, 9.17) is 0 Å². The summed E-state index contributed by atoms with van der Waals surface area (Å²) in [7, 11) is 2.08. The normalized spacial score (nSPS) is 13.7. The first-order valence-electron chi connectivity index (χ1n) is 6.29. The fourth-order valence-electron chi connectivity index (χ4n) is 2.55. The molecule has 1 aliphatic carbocycles. The van der Waals surface area contributed by atoms with Gasteiger partial charge in [0.1, 0.15) is 0 Å². The second kappa shape index (κ2) is 4.28. The van der Waals surface area contributed by atoms with Crippen molar-refractivity contribution in [1.82, 2.24) is 4.57 Å². The third-order valence-corrected chi connectivity index (χ3v) is 3.62. The topological polar surface area (TPSA) is 17.0 Å². The second-order valence-corrected chi connectivity index (χ2v) is 4.80. The number of benzene rings is 1. The van der Waals surface area contributed by atoms with Crippen LogP contribution in [0.1, 0.15) is 23.2 Å². The Kier molecular flexibility index (Phi) is 2.63. The van der Waals surface area contributed by atoms with Crippen LogP contribution in [0.2, 0.25) is 0 Å². The third kappa shape index (κ3) is 2.07. The van der Waals surface area contributed by atoms with Crippen molar-refractivity contribution in [1.29, 1.82) is 0 Å². The monoisotopic (exact) mass is 226 g/mol. The van der Waals surface area contributed by atoms with Gasteiger partial charge in [0.15, 0.2) is 0 Å². The molecule has 0 aliphatic heterocycles. The summed E-state index contributed by atoms with van der Waals surface area (Å²) in [4.78, 5) is 0. The largest absolute Gasteiger partial charge is 0.379 e. The van der Waals surface area contributed by atoms with Gasteiger partial charge in [-0.25, -0.2) is 0 Å². The van der Waals surface area contributed by atoms with Crippen LogP contribution in [0.5, 0.6) is 0 Å². The Morgan fingerprint density at radius 3 is 2.88 bits per heavy atom. The van der Waals surface area contributed by atoms with Crippen LogP contribution in [-0.4, -0.2) is 4.57 Å². The summed E-state index contributed by atoms with van der Waals surface area (Å²) < 4.78 is 2.15. The van der Waals surface area contributed by atoms with E-state index in [1.807, 2.05) is 0 Å². The van der Waals surface area contributed by atoms with Gasteiger partial charge < -0.3 is 9.88 Å². The summed E-state index contributed by atoms with van der Waals surface area (Å²) in [5, 5.41) is 3.50. The van der Waals surface area contributed by atoms with Gasteiger partial charge in [0.25, 0.3) is 0 Å². The Hall–Kier alpha value is -1.70. The molecule has 2 nitrogen and oxygen atoms in total. The zero-order chi connectivity index (χ0) is 11.7. The van der Waals surface area contributed by atoms with Gasteiger partial charge in [-0.1, -0.05) is 6.07 Å². The molecule has 1 aliphatic rings. The molecule has 17 heavy (non-hydrogen) atoms. The minimum atomic E-state index is 0.891. The van der Waals surface area contributed by atoms with E-state index in [-0.39, 0.29) is 0 Å². The van der Waals surface area contributed by atoms with E-state index >= 15 is 0 Å². The average molecular weight is 226 g/mol. The lowest BCUT2D eigenvalue weighted by Gasteiger charge is -2.09. The smallest absolute Gasteiger partial charge is 0.0553 e. The Morgan fingerprint density at radius 1 is 1.18 bits per heavy atom. The number of nitrogens with one attached hydrogen (secondary N) is 1. The van der Waals surface area contributed by atoms with Gasteiger partial charge in [0.2, 0.25) is 0 Å². The van der Waals surface area contributed by atoms with E-state index in [0.29, 0.717) is 0 Å². The Labute approximate surface area is 102 Å². The molecule has 2 heteroatoms. The first-order valence-corrected chi connectivity index (χ1v) is 6.29. The highest BCUT2D eigenvalue weighted by Crippen LogP contribution is 2.25. The van der Waals surface area contributed by atoms with E-state index < -0.39 is 0 Å². The minimum absolute atomic E-state index is 0.891. The summed E-state index contributed by atoms with van der Waals surface area (Å²) in [6, 6.07) is 11.0. The summed E-state index contributed by atoms with van der Waals surface area (Å²) in [6.07, 6.45) is 5.90.